The van der Waals surface area contributed by atoms with Gasteiger partial charge in [0.05, 0.1) is 16.3 Å². The van der Waals surface area contributed by atoms with Gasteiger partial charge in [0.2, 0.25) is 5.43 Å². The maximum atomic E-state index is 13.5. The molecule has 0 atom stereocenters. The van der Waals surface area contributed by atoms with E-state index in [1.165, 1.54) is 4.57 Å². The zero-order valence-electron chi connectivity index (χ0n) is 15.8. The highest BCUT2D eigenvalue weighted by Crippen LogP contribution is 2.27. The molecule has 0 aliphatic heterocycles. The quantitative estimate of drug-likeness (QED) is 0.402. The molecule has 4 heteroatoms. The number of hydrogen-bond donors (Lipinski definition) is 0. The van der Waals surface area contributed by atoms with Crippen molar-refractivity contribution >= 4 is 21.9 Å². The second kappa shape index (κ2) is 6.60. The van der Waals surface area contributed by atoms with E-state index < -0.39 is 0 Å². The predicted octanol–water partition coefficient (Wildman–Crippen LogP) is 5.07. The molecule has 29 heavy (non-hydrogen) atoms. The highest BCUT2D eigenvalue weighted by Gasteiger charge is 2.18. The van der Waals surface area contributed by atoms with Gasteiger partial charge in [-0.1, -0.05) is 60.2 Å². The van der Waals surface area contributed by atoms with E-state index in [-0.39, 0.29) is 11.0 Å². The van der Waals surface area contributed by atoms with E-state index in [0.29, 0.717) is 38.8 Å². The first-order valence-electron chi connectivity index (χ1n) is 9.37. The van der Waals surface area contributed by atoms with Gasteiger partial charge in [0.25, 0.3) is 5.56 Å². The van der Waals surface area contributed by atoms with Crippen molar-refractivity contribution in [3.63, 3.8) is 0 Å². The third-order valence-corrected chi connectivity index (χ3v) is 5.13. The Morgan fingerprint density at radius 3 is 2.21 bits per heavy atom. The number of aromatic nitrogens is 1. The number of benzene rings is 3. The van der Waals surface area contributed by atoms with Crippen molar-refractivity contribution in [2.24, 2.45) is 0 Å². The Bertz CT molecular complexity index is 1480. The summed E-state index contributed by atoms with van der Waals surface area (Å²) in [7, 11) is 0. The van der Waals surface area contributed by atoms with Gasteiger partial charge in [-0.25, -0.2) is 0 Å². The Hall–Kier alpha value is -3.92. The van der Waals surface area contributed by atoms with Gasteiger partial charge in [-0.3, -0.25) is 14.2 Å². The average Bonchev–Trinajstić information content (AvgIpc) is 2.75. The van der Waals surface area contributed by atoms with Crippen LogP contribution < -0.4 is 11.0 Å². The second-order valence-corrected chi connectivity index (χ2v) is 7.05. The normalized spacial score (nSPS) is 11.2. The third-order valence-electron chi connectivity index (χ3n) is 5.13. The van der Waals surface area contributed by atoms with Gasteiger partial charge in [-0.05, 0) is 36.8 Å². The highest BCUT2D eigenvalue weighted by atomic mass is 16.3. The number of aryl methyl sites for hydroxylation is 1. The molecule has 2 aromatic heterocycles. The lowest BCUT2D eigenvalue weighted by Gasteiger charge is -2.12. The van der Waals surface area contributed by atoms with E-state index >= 15 is 0 Å². The standard InChI is InChI=1S/C25H17NO3/c1-16-11-13-18(14-12-16)26-15-20-23(27)19-9-5-6-10-21(19)29-24(20)22(25(26)28)17-7-3-2-4-8-17/h2-15H,1H3. The van der Waals surface area contributed by atoms with Crippen LogP contribution in [0.15, 0.2) is 99.1 Å². The summed E-state index contributed by atoms with van der Waals surface area (Å²) < 4.78 is 7.61. The van der Waals surface area contributed by atoms with E-state index in [1.807, 2.05) is 67.6 Å². The van der Waals surface area contributed by atoms with Gasteiger partial charge in [0, 0.05) is 11.9 Å². The molecule has 0 amide bonds. The summed E-state index contributed by atoms with van der Waals surface area (Å²) in [4.78, 5) is 26.8. The summed E-state index contributed by atoms with van der Waals surface area (Å²) in [5.74, 6) is 0. The third kappa shape index (κ3) is 2.77. The summed E-state index contributed by atoms with van der Waals surface area (Å²) in [5.41, 5.74) is 3.28. The van der Waals surface area contributed by atoms with Crippen molar-refractivity contribution in [3.8, 4) is 16.8 Å². The molecular formula is C25H17NO3. The molecule has 0 N–H and O–H groups in total. The molecule has 0 saturated carbocycles. The van der Waals surface area contributed by atoms with Crippen LogP contribution in [0.3, 0.4) is 0 Å². The van der Waals surface area contributed by atoms with Gasteiger partial charge in [0.15, 0.2) is 5.58 Å². The van der Waals surface area contributed by atoms with E-state index in [2.05, 4.69) is 0 Å². The van der Waals surface area contributed by atoms with Crippen LogP contribution >= 0.6 is 0 Å². The Balaban J connectivity index is 1.98. The summed E-state index contributed by atoms with van der Waals surface area (Å²) in [6, 6.07) is 24.1. The Labute approximate surface area is 166 Å². The molecule has 2 heterocycles. The fourth-order valence-electron chi connectivity index (χ4n) is 3.62. The molecule has 3 aromatic carbocycles. The molecule has 5 rings (SSSR count). The minimum absolute atomic E-state index is 0.153. The zero-order valence-corrected chi connectivity index (χ0v) is 15.8. The van der Waals surface area contributed by atoms with Crippen molar-refractivity contribution < 1.29 is 4.42 Å². The second-order valence-electron chi connectivity index (χ2n) is 7.05. The molecule has 5 aromatic rings. The van der Waals surface area contributed by atoms with Crippen LogP contribution in [0.1, 0.15) is 5.56 Å². The van der Waals surface area contributed by atoms with Gasteiger partial charge in [-0.15, -0.1) is 0 Å². The highest BCUT2D eigenvalue weighted by molar-refractivity contribution is 5.97. The van der Waals surface area contributed by atoms with Crippen LogP contribution in [-0.2, 0) is 0 Å². The van der Waals surface area contributed by atoms with Gasteiger partial charge < -0.3 is 4.42 Å². The Morgan fingerprint density at radius 1 is 0.759 bits per heavy atom. The first-order valence-corrected chi connectivity index (χ1v) is 9.37. The SMILES string of the molecule is Cc1ccc(-n2cc3c(=O)c4ccccc4oc3c(-c3ccccc3)c2=O)cc1. The molecule has 0 fully saturated rings. The van der Waals surface area contributed by atoms with Gasteiger partial charge in [0.1, 0.15) is 5.58 Å². The first kappa shape index (κ1) is 17.2. The van der Waals surface area contributed by atoms with Crippen molar-refractivity contribution in [1.82, 2.24) is 4.57 Å². The van der Waals surface area contributed by atoms with Crippen LogP contribution in [0.4, 0.5) is 0 Å². The largest absolute Gasteiger partial charge is 0.455 e. The zero-order chi connectivity index (χ0) is 20.0. The Morgan fingerprint density at radius 2 is 1.45 bits per heavy atom. The summed E-state index contributed by atoms with van der Waals surface area (Å²) in [6.07, 6.45) is 1.59. The minimum atomic E-state index is -0.231. The van der Waals surface area contributed by atoms with Gasteiger partial charge in [-0.2, -0.15) is 0 Å². The maximum Gasteiger partial charge on any atom is 0.266 e. The Kier molecular flexibility index (Phi) is 3.91. The van der Waals surface area contributed by atoms with Crippen molar-refractivity contribution in [2.45, 2.75) is 6.92 Å². The topological polar surface area (TPSA) is 52.2 Å². The molecular weight excluding hydrogens is 362 g/mol. The summed E-state index contributed by atoms with van der Waals surface area (Å²) in [6.45, 7) is 1.99. The molecule has 0 saturated heterocycles. The minimum Gasteiger partial charge on any atom is -0.455 e. The smallest absolute Gasteiger partial charge is 0.266 e. The van der Waals surface area contributed by atoms with Gasteiger partial charge >= 0.3 is 0 Å². The van der Waals surface area contributed by atoms with Crippen LogP contribution in [0.25, 0.3) is 38.8 Å². The summed E-state index contributed by atoms with van der Waals surface area (Å²) in [5, 5.41) is 0.871. The molecule has 0 aliphatic rings. The molecule has 0 aliphatic carbocycles. The van der Waals surface area contributed by atoms with Crippen molar-refractivity contribution in [1.29, 1.82) is 0 Å². The number of rotatable bonds is 2. The van der Waals surface area contributed by atoms with E-state index in [9.17, 15) is 9.59 Å². The predicted molar refractivity (Wildman–Crippen MR) is 116 cm³/mol. The van der Waals surface area contributed by atoms with E-state index in [0.717, 1.165) is 5.56 Å². The van der Waals surface area contributed by atoms with Crippen LogP contribution in [0.5, 0.6) is 0 Å². The molecule has 140 valence electrons. The molecule has 0 bridgehead atoms. The maximum absolute atomic E-state index is 13.5. The first-order chi connectivity index (χ1) is 14.1. The molecule has 0 spiro atoms. The summed E-state index contributed by atoms with van der Waals surface area (Å²) >= 11 is 0. The average molecular weight is 379 g/mol. The lowest BCUT2D eigenvalue weighted by Crippen LogP contribution is -2.22. The van der Waals surface area contributed by atoms with Crippen LogP contribution in [-0.4, -0.2) is 4.57 Å². The number of fused-ring (bicyclic) bond motifs is 2. The number of nitrogens with zero attached hydrogens (tertiary/aromatic N) is 1. The number of hydrogen-bond acceptors (Lipinski definition) is 3. The van der Waals surface area contributed by atoms with Crippen LogP contribution in [0, 0.1) is 6.92 Å². The molecule has 4 nitrogen and oxygen atoms in total. The van der Waals surface area contributed by atoms with Crippen molar-refractivity contribution in [2.75, 3.05) is 0 Å². The van der Waals surface area contributed by atoms with Crippen molar-refractivity contribution in [3.05, 3.63) is 111 Å². The number of pyridine rings is 1. The number of para-hydroxylation sites is 1. The molecule has 0 radical (unpaired) electrons. The fourth-order valence-corrected chi connectivity index (χ4v) is 3.62. The van der Waals surface area contributed by atoms with Crippen LogP contribution in [0.2, 0.25) is 0 Å². The lowest BCUT2D eigenvalue weighted by atomic mass is 10.0. The lowest BCUT2D eigenvalue weighted by molar-refractivity contribution is 0.659. The molecule has 0 unspecified atom stereocenters. The van der Waals surface area contributed by atoms with E-state index in [1.54, 1.807) is 24.4 Å². The monoisotopic (exact) mass is 379 g/mol. The van der Waals surface area contributed by atoms with E-state index in [4.69, 9.17) is 4.42 Å². The fraction of sp³-hybridized carbons (Fsp3) is 0.0400.